The van der Waals surface area contributed by atoms with Gasteiger partial charge in [-0.1, -0.05) is 17.7 Å². The second-order valence-corrected chi connectivity index (χ2v) is 6.80. The highest BCUT2D eigenvalue weighted by atomic mass is 35.5. The summed E-state index contributed by atoms with van der Waals surface area (Å²) in [6.45, 7) is 2.06. The van der Waals surface area contributed by atoms with E-state index in [-0.39, 0.29) is 17.5 Å². The van der Waals surface area contributed by atoms with Crippen LogP contribution in [0.2, 0.25) is 5.02 Å². The number of halogens is 1. The van der Waals surface area contributed by atoms with Crippen molar-refractivity contribution in [1.29, 1.82) is 0 Å². The van der Waals surface area contributed by atoms with Crippen molar-refractivity contribution >= 4 is 21.6 Å². The fourth-order valence-electron chi connectivity index (χ4n) is 2.29. The second kappa shape index (κ2) is 5.17. The molecule has 0 radical (unpaired) electrons. The Morgan fingerprint density at radius 3 is 2.89 bits per heavy atom. The van der Waals surface area contributed by atoms with Crippen molar-refractivity contribution in [2.75, 3.05) is 13.2 Å². The van der Waals surface area contributed by atoms with E-state index >= 15 is 0 Å². The molecule has 1 aromatic rings. The predicted molar refractivity (Wildman–Crippen MR) is 70.2 cm³/mol. The molecule has 2 rings (SSSR count). The van der Waals surface area contributed by atoms with Gasteiger partial charge >= 0.3 is 0 Å². The smallest absolute Gasteiger partial charge is 0.243 e. The molecule has 4 nitrogen and oxygen atoms in total. The van der Waals surface area contributed by atoms with Crippen molar-refractivity contribution in [3.05, 3.63) is 28.8 Å². The van der Waals surface area contributed by atoms with Gasteiger partial charge in [0.05, 0.1) is 11.5 Å². The highest BCUT2D eigenvalue weighted by Gasteiger charge is 2.35. The summed E-state index contributed by atoms with van der Waals surface area (Å²) in [7, 11) is -3.56. The minimum atomic E-state index is -3.56. The molecule has 1 saturated heterocycles. The molecule has 1 aromatic carbocycles. The number of nitrogens with zero attached hydrogens (tertiary/aromatic N) is 1. The number of aliphatic hydroxyl groups excluding tert-OH is 1. The third kappa shape index (κ3) is 2.40. The van der Waals surface area contributed by atoms with Gasteiger partial charge in [0.15, 0.2) is 0 Å². The van der Waals surface area contributed by atoms with Crippen molar-refractivity contribution in [1.82, 2.24) is 4.31 Å². The summed E-state index contributed by atoms with van der Waals surface area (Å²) >= 11 is 5.87. The van der Waals surface area contributed by atoms with E-state index in [1.165, 1.54) is 10.4 Å². The first-order valence-corrected chi connectivity index (χ1v) is 7.67. The maximum absolute atomic E-state index is 12.5. The van der Waals surface area contributed by atoms with Crippen molar-refractivity contribution in [3.63, 3.8) is 0 Å². The quantitative estimate of drug-likeness (QED) is 0.923. The normalized spacial score (nSPS) is 21.4. The zero-order valence-electron chi connectivity index (χ0n) is 10.1. The van der Waals surface area contributed by atoms with Gasteiger partial charge in [0, 0.05) is 17.6 Å². The van der Waals surface area contributed by atoms with Crippen LogP contribution in [0.3, 0.4) is 0 Å². The number of aliphatic hydroxyl groups is 1. The highest BCUT2D eigenvalue weighted by molar-refractivity contribution is 7.89. The van der Waals surface area contributed by atoms with E-state index in [4.69, 9.17) is 11.6 Å². The summed E-state index contributed by atoms with van der Waals surface area (Å²) in [4.78, 5) is 0.232. The van der Waals surface area contributed by atoms with Crippen LogP contribution in [0.15, 0.2) is 23.1 Å². The summed E-state index contributed by atoms with van der Waals surface area (Å²) in [5, 5.41) is 9.64. The number of rotatable bonds is 3. The van der Waals surface area contributed by atoms with Crippen LogP contribution in [0.25, 0.3) is 0 Å². The molecule has 0 aliphatic carbocycles. The molecule has 18 heavy (non-hydrogen) atoms. The number of hydrogen-bond donors (Lipinski definition) is 1. The molecule has 1 fully saturated rings. The van der Waals surface area contributed by atoms with Crippen LogP contribution in [-0.4, -0.2) is 37.0 Å². The van der Waals surface area contributed by atoms with Gasteiger partial charge in [-0.25, -0.2) is 8.42 Å². The van der Waals surface area contributed by atoms with Gasteiger partial charge in [0.2, 0.25) is 10.0 Å². The zero-order valence-corrected chi connectivity index (χ0v) is 11.7. The SMILES string of the molecule is Cc1ccc(Cl)cc1S(=O)(=O)N1CCCC1CO. The summed E-state index contributed by atoms with van der Waals surface area (Å²) in [6.07, 6.45) is 1.49. The first kappa shape index (κ1) is 13.8. The van der Waals surface area contributed by atoms with Gasteiger partial charge < -0.3 is 5.11 Å². The third-order valence-electron chi connectivity index (χ3n) is 3.27. The van der Waals surface area contributed by atoms with E-state index < -0.39 is 10.0 Å². The average Bonchev–Trinajstić information content (AvgIpc) is 2.81. The average molecular weight is 290 g/mol. The molecule has 1 N–H and O–H groups in total. The molecule has 1 aliphatic rings. The molecule has 0 saturated carbocycles. The number of aryl methyl sites for hydroxylation is 1. The first-order valence-electron chi connectivity index (χ1n) is 5.85. The van der Waals surface area contributed by atoms with E-state index in [9.17, 15) is 13.5 Å². The third-order valence-corrected chi connectivity index (χ3v) is 5.60. The van der Waals surface area contributed by atoms with Crippen LogP contribution in [-0.2, 0) is 10.0 Å². The lowest BCUT2D eigenvalue weighted by Gasteiger charge is -2.23. The molecule has 1 aliphatic heterocycles. The lowest BCUT2D eigenvalue weighted by Crippen LogP contribution is -2.37. The Kier molecular flexibility index (Phi) is 3.96. The lowest BCUT2D eigenvalue weighted by molar-refractivity contribution is 0.213. The van der Waals surface area contributed by atoms with Crippen LogP contribution < -0.4 is 0 Å². The molecular weight excluding hydrogens is 274 g/mol. The van der Waals surface area contributed by atoms with E-state index in [0.717, 1.165) is 6.42 Å². The Labute approximate surface area is 112 Å². The van der Waals surface area contributed by atoms with Gasteiger partial charge in [-0.3, -0.25) is 0 Å². The van der Waals surface area contributed by atoms with Crippen molar-refractivity contribution in [2.45, 2.75) is 30.7 Å². The van der Waals surface area contributed by atoms with Crippen LogP contribution in [0.4, 0.5) is 0 Å². The fourth-order valence-corrected chi connectivity index (χ4v) is 4.46. The maximum atomic E-state index is 12.5. The van der Waals surface area contributed by atoms with E-state index in [2.05, 4.69) is 0 Å². The summed E-state index contributed by atoms with van der Waals surface area (Å²) in [5.41, 5.74) is 0.669. The molecule has 1 heterocycles. The Bertz CT molecular complexity index is 544. The number of benzene rings is 1. The van der Waals surface area contributed by atoms with Crippen LogP contribution in [0.1, 0.15) is 18.4 Å². The van der Waals surface area contributed by atoms with Crippen molar-refractivity contribution < 1.29 is 13.5 Å². The van der Waals surface area contributed by atoms with Crippen LogP contribution in [0.5, 0.6) is 0 Å². The van der Waals surface area contributed by atoms with Gasteiger partial charge in [-0.05, 0) is 37.5 Å². The largest absolute Gasteiger partial charge is 0.395 e. The van der Waals surface area contributed by atoms with E-state index in [1.54, 1.807) is 19.1 Å². The van der Waals surface area contributed by atoms with E-state index in [0.29, 0.717) is 23.6 Å². The summed E-state index contributed by atoms with van der Waals surface area (Å²) in [6, 6.07) is 4.52. The Hall–Kier alpha value is -0.620. The monoisotopic (exact) mass is 289 g/mol. The molecule has 0 bridgehead atoms. The molecule has 100 valence electrons. The molecule has 1 atom stereocenters. The Morgan fingerprint density at radius 2 is 2.22 bits per heavy atom. The van der Waals surface area contributed by atoms with Gasteiger partial charge in [0.1, 0.15) is 0 Å². The zero-order chi connectivity index (χ0) is 13.3. The van der Waals surface area contributed by atoms with Gasteiger partial charge in [0.25, 0.3) is 0 Å². The Morgan fingerprint density at radius 1 is 1.50 bits per heavy atom. The molecule has 6 heteroatoms. The lowest BCUT2D eigenvalue weighted by atomic mass is 10.2. The van der Waals surface area contributed by atoms with Crippen LogP contribution >= 0.6 is 11.6 Å². The number of hydrogen-bond acceptors (Lipinski definition) is 3. The van der Waals surface area contributed by atoms with Crippen molar-refractivity contribution in [3.8, 4) is 0 Å². The van der Waals surface area contributed by atoms with Gasteiger partial charge in [-0.15, -0.1) is 0 Å². The molecule has 1 unspecified atom stereocenters. The fraction of sp³-hybridized carbons (Fsp3) is 0.500. The molecule has 0 amide bonds. The minimum absolute atomic E-state index is 0.140. The number of sulfonamides is 1. The van der Waals surface area contributed by atoms with Gasteiger partial charge in [-0.2, -0.15) is 4.31 Å². The molecule has 0 spiro atoms. The van der Waals surface area contributed by atoms with E-state index in [1.807, 2.05) is 0 Å². The Balaban J connectivity index is 2.45. The highest BCUT2D eigenvalue weighted by Crippen LogP contribution is 2.29. The molecule has 0 aromatic heterocycles. The van der Waals surface area contributed by atoms with Crippen molar-refractivity contribution in [2.24, 2.45) is 0 Å². The first-order chi connectivity index (χ1) is 8.46. The summed E-state index contributed by atoms with van der Waals surface area (Å²) < 4.78 is 26.4. The van der Waals surface area contributed by atoms with Crippen LogP contribution in [0, 0.1) is 6.92 Å². The summed E-state index contributed by atoms with van der Waals surface area (Å²) in [5.74, 6) is 0. The standard InChI is InChI=1S/C12H16ClNO3S/c1-9-4-5-10(13)7-12(9)18(16,17)14-6-2-3-11(14)8-15/h4-5,7,11,15H,2-3,6,8H2,1H3. The predicted octanol–water partition coefficient (Wildman–Crippen LogP) is 1.79. The molecular formula is C12H16ClNO3S. The maximum Gasteiger partial charge on any atom is 0.243 e. The second-order valence-electron chi connectivity index (χ2n) is 4.50. The topological polar surface area (TPSA) is 57.6 Å². The minimum Gasteiger partial charge on any atom is -0.395 e.